The van der Waals surface area contributed by atoms with Crippen molar-refractivity contribution in [2.45, 2.75) is 12.8 Å². The van der Waals surface area contributed by atoms with E-state index in [1.54, 1.807) is 24.3 Å². The molecule has 1 aromatic rings. The fraction of sp³-hybridized carbons (Fsp3) is 0.429. The van der Waals surface area contributed by atoms with Gasteiger partial charge in [-0.1, -0.05) is 17.7 Å². The maximum absolute atomic E-state index is 11.7. The second kappa shape index (κ2) is 8.55. The largest absolute Gasteiger partial charge is 0.356 e. The van der Waals surface area contributed by atoms with Crippen molar-refractivity contribution in [2.75, 3.05) is 32.5 Å². The molecule has 0 saturated carbocycles. The number of benzene rings is 1. The predicted octanol–water partition coefficient (Wildman–Crippen LogP) is 1.74. The van der Waals surface area contributed by atoms with Gasteiger partial charge in [-0.25, -0.2) is 0 Å². The van der Waals surface area contributed by atoms with Crippen LogP contribution >= 0.6 is 11.6 Å². The van der Waals surface area contributed by atoms with Gasteiger partial charge in [-0.15, -0.1) is 0 Å². The lowest BCUT2D eigenvalue weighted by Crippen LogP contribution is -2.30. The number of carbonyl (C=O) groups excluding carboxylic acids is 2. The number of hydrogen-bond donors (Lipinski definition) is 2. The van der Waals surface area contributed by atoms with Crippen LogP contribution in [-0.4, -0.2) is 43.9 Å². The van der Waals surface area contributed by atoms with Crippen LogP contribution in [0.4, 0.5) is 5.69 Å². The van der Waals surface area contributed by atoms with E-state index in [-0.39, 0.29) is 18.2 Å². The molecule has 0 fully saturated rings. The minimum atomic E-state index is -0.350. The molecule has 0 atom stereocenters. The zero-order valence-electron chi connectivity index (χ0n) is 11.8. The predicted molar refractivity (Wildman–Crippen MR) is 80.9 cm³/mol. The van der Waals surface area contributed by atoms with Crippen molar-refractivity contribution in [2.24, 2.45) is 0 Å². The van der Waals surface area contributed by atoms with Gasteiger partial charge in [0.15, 0.2) is 0 Å². The molecule has 6 heteroatoms. The van der Waals surface area contributed by atoms with Crippen LogP contribution in [0.2, 0.25) is 5.02 Å². The van der Waals surface area contributed by atoms with Gasteiger partial charge < -0.3 is 15.5 Å². The highest BCUT2D eigenvalue weighted by molar-refractivity contribution is 6.30. The zero-order chi connectivity index (χ0) is 15.0. The highest BCUT2D eigenvalue weighted by Gasteiger charge is 2.09. The molecule has 20 heavy (non-hydrogen) atoms. The molecule has 110 valence electrons. The summed E-state index contributed by atoms with van der Waals surface area (Å²) >= 11 is 5.81. The molecule has 0 aliphatic rings. The van der Waals surface area contributed by atoms with Gasteiger partial charge in [0.25, 0.3) is 0 Å². The number of amides is 2. The lowest BCUT2D eigenvalue weighted by molar-refractivity contribution is -0.126. The number of anilines is 1. The molecule has 0 radical (unpaired) electrons. The summed E-state index contributed by atoms with van der Waals surface area (Å²) in [7, 11) is 3.94. The molecule has 0 bridgehead atoms. The van der Waals surface area contributed by atoms with Crippen LogP contribution in [0.3, 0.4) is 0 Å². The van der Waals surface area contributed by atoms with Crippen molar-refractivity contribution in [3.63, 3.8) is 0 Å². The molecular formula is C14H20ClN3O2. The van der Waals surface area contributed by atoms with Crippen LogP contribution < -0.4 is 10.6 Å². The van der Waals surface area contributed by atoms with Gasteiger partial charge in [0, 0.05) is 17.3 Å². The molecule has 1 rings (SSSR count). The Morgan fingerprint density at radius 3 is 2.65 bits per heavy atom. The van der Waals surface area contributed by atoms with Crippen LogP contribution in [0.25, 0.3) is 0 Å². The molecule has 0 saturated heterocycles. The molecule has 2 N–H and O–H groups in total. The van der Waals surface area contributed by atoms with Crippen LogP contribution in [0, 0.1) is 0 Å². The zero-order valence-corrected chi connectivity index (χ0v) is 12.5. The number of rotatable bonds is 7. The Bertz CT molecular complexity index is 463. The first-order chi connectivity index (χ1) is 9.47. The summed E-state index contributed by atoms with van der Waals surface area (Å²) in [4.78, 5) is 25.2. The first-order valence-electron chi connectivity index (χ1n) is 6.44. The summed E-state index contributed by atoms with van der Waals surface area (Å²) in [5, 5.41) is 5.88. The van der Waals surface area contributed by atoms with E-state index in [2.05, 4.69) is 10.6 Å². The van der Waals surface area contributed by atoms with Crippen molar-refractivity contribution in [1.82, 2.24) is 10.2 Å². The van der Waals surface area contributed by atoms with E-state index < -0.39 is 0 Å². The van der Waals surface area contributed by atoms with Crippen LogP contribution in [-0.2, 0) is 9.59 Å². The van der Waals surface area contributed by atoms with E-state index in [1.807, 2.05) is 19.0 Å². The summed E-state index contributed by atoms with van der Waals surface area (Å²) in [6.07, 6.45) is 0.670. The highest BCUT2D eigenvalue weighted by atomic mass is 35.5. The minimum Gasteiger partial charge on any atom is -0.356 e. The number of nitrogens with zero attached hydrogens (tertiary/aromatic N) is 1. The van der Waals surface area contributed by atoms with Gasteiger partial charge in [-0.3, -0.25) is 9.59 Å². The fourth-order valence-corrected chi connectivity index (χ4v) is 1.79. The fourth-order valence-electron chi connectivity index (χ4n) is 1.60. The summed E-state index contributed by atoms with van der Waals surface area (Å²) in [5.74, 6) is -0.624. The lowest BCUT2D eigenvalue weighted by atomic mass is 10.3. The molecule has 0 spiro atoms. The van der Waals surface area contributed by atoms with E-state index in [9.17, 15) is 9.59 Å². The molecule has 0 unspecified atom stereocenters. The molecular weight excluding hydrogens is 278 g/mol. The smallest absolute Gasteiger partial charge is 0.233 e. The van der Waals surface area contributed by atoms with Crippen molar-refractivity contribution in [3.8, 4) is 0 Å². The highest BCUT2D eigenvalue weighted by Crippen LogP contribution is 2.14. The number of halogens is 1. The van der Waals surface area contributed by atoms with Crippen LogP contribution in [0.1, 0.15) is 12.8 Å². The summed E-state index contributed by atoms with van der Waals surface area (Å²) in [6, 6.07) is 6.81. The Hall–Kier alpha value is -1.59. The maximum atomic E-state index is 11.7. The maximum Gasteiger partial charge on any atom is 0.233 e. The number of carbonyl (C=O) groups is 2. The number of nitrogens with one attached hydrogen (secondary N) is 2. The van der Waals surface area contributed by atoms with E-state index in [1.165, 1.54) is 0 Å². The third kappa shape index (κ3) is 7.11. The van der Waals surface area contributed by atoms with Gasteiger partial charge >= 0.3 is 0 Å². The molecule has 0 aliphatic heterocycles. The normalized spacial score (nSPS) is 10.4. The molecule has 1 aromatic carbocycles. The van der Waals surface area contributed by atoms with Crippen molar-refractivity contribution < 1.29 is 9.59 Å². The molecule has 0 aliphatic carbocycles. The van der Waals surface area contributed by atoms with Gasteiger partial charge in [0.05, 0.1) is 0 Å². The van der Waals surface area contributed by atoms with E-state index in [4.69, 9.17) is 11.6 Å². The van der Waals surface area contributed by atoms with Gasteiger partial charge in [-0.2, -0.15) is 0 Å². The van der Waals surface area contributed by atoms with Crippen LogP contribution in [0.15, 0.2) is 24.3 Å². The average Bonchev–Trinajstić information content (AvgIpc) is 2.34. The standard InChI is InChI=1S/C14H20ClN3O2/c1-18(2)8-4-7-16-13(19)10-14(20)17-12-6-3-5-11(15)9-12/h3,5-6,9H,4,7-8,10H2,1-2H3,(H,16,19)(H,17,20). The average molecular weight is 298 g/mol. The Labute approximate surface area is 124 Å². The van der Waals surface area contributed by atoms with Gasteiger partial charge in [0.1, 0.15) is 6.42 Å². The number of hydrogen-bond acceptors (Lipinski definition) is 3. The summed E-state index contributed by atoms with van der Waals surface area (Å²) < 4.78 is 0. The second-order valence-electron chi connectivity index (χ2n) is 4.74. The quantitative estimate of drug-likeness (QED) is 0.595. The molecule has 0 aromatic heterocycles. The summed E-state index contributed by atoms with van der Waals surface area (Å²) in [6.45, 7) is 1.47. The van der Waals surface area contributed by atoms with E-state index >= 15 is 0 Å². The third-order valence-electron chi connectivity index (χ3n) is 2.53. The Morgan fingerprint density at radius 2 is 2.00 bits per heavy atom. The lowest BCUT2D eigenvalue weighted by Gasteiger charge is -2.10. The Kier molecular flexibility index (Phi) is 7.04. The first kappa shape index (κ1) is 16.5. The first-order valence-corrected chi connectivity index (χ1v) is 6.82. The molecule has 0 heterocycles. The monoisotopic (exact) mass is 297 g/mol. The van der Waals surface area contributed by atoms with Gasteiger partial charge in [-0.05, 0) is 45.3 Å². The van der Waals surface area contributed by atoms with Crippen molar-refractivity contribution in [3.05, 3.63) is 29.3 Å². The second-order valence-corrected chi connectivity index (χ2v) is 5.18. The Morgan fingerprint density at radius 1 is 1.25 bits per heavy atom. The third-order valence-corrected chi connectivity index (χ3v) is 2.77. The SMILES string of the molecule is CN(C)CCCNC(=O)CC(=O)Nc1cccc(Cl)c1. The van der Waals surface area contributed by atoms with Crippen molar-refractivity contribution in [1.29, 1.82) is 0 Å². The van der Waals surface area contributed by atoms with Gasteiger partial charge in [0.2, 0.25) is 11.8 Å². The van der Waals surface area contributed by atoms with E-state index in [0.717, 1.165) is 13.0 Å². The van der Waals surface area contributed by atoms with E-state index in [0.29, 0.717) is 17.3 Å². The minimum absolute atomic E-state index is 0.186. The molecule has 2 amide bonds. The van der Waals surface area contributed by atoms with Crippen LogP contribution in [0.5, 0.6) is 0 Å². The summed E-state index contributed by atoms with van der Waals surface area (Å²) in [5.41, 5.74) is 0.586. The molecule has 5 nitrogen and oxygen atoms in total. The Balaban J connectivity index is 2.26. The van der Waals surface area contributed by atoms with Crippen molar-refractivity contribution >= 4 is 29.1 Å². The topological polar surface area (TPSA) is 61.4 Å².